The highest BCUT2D eigenvalue weighted by Gasteiger charge is 2.27. The quantitative estimate of drug-likeness (QED) is 0.544. The van der Waals surface area contributed by atoms with Gasteiger partial charge in [0.25, 0.3) is 15.7 Å². The number of hydrogen-bond acceptors (Lipinski definition) is 7. The van der Waals surface area contributed by atoms with Crippen molar-refractivity contribution in [2.75, 3.05) is 31.0 Å². The van der Waals surface area contributed by atoms with Gasteiger partial charge < -0.3 is 4.74 Å². The van der Waals surface area contributed by atoms with E-state index in [0.717, 1.165) is 24.3 Å². The van der Waals surface area contributed by atoms with Gasteiger partial charge in [0.1, 0.15) is 0 Å². The van der Waals surface area contributed by atoms with Crippen LogP contribution in [0.2, 0.25) is 0 Å². The average molecular weight is 427 g/mol. The topological polar surface area (TPSA) is 136 Å². The molecule has 12 heteroatoms. The minimum absolute atomic E-state index is 0.0432. The number of nitro benzene ring substituents is 1. The molecule has 0 atom stereocenters. The van der Waals surface area contributed by atoms with Crippen molar-refractivity contribution < 1.29 is 26.5 Å². The summed E-state index contributed by atoms with van der Waals surface area (Å²) in [6, 6.07) is 9.83. The lowest BCUT2D eigenvalue weighted by atomic mass is 10.3. The third kappa shape index (κ3) is 4.30. The summed E-state index contributed by atoms with van der Waals surface area (Å²) >= 11 is 0. The van der Waals surface area contributed by atoms with Gasteiger partial charge in [-0.2, -0.15) is 4.31 Å². The Morgan fingerprint density at radius 2 is 1.61 bits per heavy atom. The van der Waals surface area contributed by atoms with Crippen LogP contribution in [-0.4, -0.2) is 52.4 Å². The highest BCUT2D eigenvalue weighted by atomic mass is 32.2. The van der Waals surface area contributed by atoms with Crippen LogP contribution in [0.4, 0.5) is 11.4 Å². The molecular weight excluding hydrogens is 410 g/mol. The lowest BCUT2D eigenvalue weighted by Gasteiger charge is -2.26. The SMILES string of the molecule is O=[N+]([O-])c1ccc(S(=O)(=O)Nc2cccc(S(=O)(=O)N3CCOCC3)c2)cc1. The second kappa shape index (κ2) is 7.83. The maximum atomic E-state index is 12.7. The minimum atomic E-state index is -4.04. The van der Waals surface area contributed by atoms with Crippen LogP contribution in [0.5, 0.6) is 0 Å². The van der Waals surface area contributed by atoms with E-state index in [0.29, 0.717) is 13.2 Å². The maximum Gasteiger partial charge on any atom is 0.269 e. The molecule has 1 N–H and O–H groups in total. The molecule has 1 saturated heterocycles. The summed E-state index contributed by atoms with van der Waals surface area (Å²) in [7, 11) is -7.82. The van der Waals surface area contributed by atoms with Crippen molar-refractivity contribution in [2.45, 2.75) is 9.79 Å². The molecular formula is C16H17N3O7S2. The number of benzene rings is 2. The molecule has 1 aliphatic rings. The molecule has 0 saturated carbocycles. The Bertz CT molecular complexity index is 1080. The summed E-state index contributed by atoms with van der Waals surface area (Å²) in [5.41, 5.74) is -0.176. The summed E-state index contributed by atoms with van der Waals surface area (Å²) in [6.45, 7) is 1.04. The van der Waals surface area contributed by atoms with Crippen LogP contribution in [0.25, 0.3) is 0 Å². The second-order valence-electron chi connectivity index (χ2n) is 5.90. The first kappa shape index (κ1) is 20.2. The molecule has 10 nitrogen and oxygen atoms in total. The predicted molar refractivity (Wildman–Crippen MR) is 99.9 cm³/mol. The molecule has 2 aromatic carbocycles. The first-order chi connectivity index (χ1) is 13.2. The smallest absolute Gasteiger partial charge is 0.269 e. The number of nitrogens with one attached hydrogen (secondary N) is 1. The zero-order valence-electron chi connectivity index (χ0n) is 14.5. The van der Waals surface area contributed by atoms with Crippen molar-refractivity contribution in [1.29, 1.82) is 0 Å². The third-order valence-corrected chi connectivity index (χ3v) is 7.34. The van der Waals surface area contributed by atoms with Crippen LogP contribution in [0.1, 0.15) is 0 Å². The van der Waals surface area contributed by atoms with Crippen molar-refractivity contribution in [2.24, 2.45) is 0 Å². The first-order valence-electron chi connectivity index (χ1n) is 8.15. The molecule has 1 fully saturated rings. The fourth-order valence-corrected chi connectivity index (χ4v) is 5.12. The molecule has 0 aromatic heterocycles. The van der Waals surface area contributed by atoms with E-state index >= 15 is 0 Å². The number of hydrogen-bond donors (Lipinski definition) is 1. The lowest BCUT2D eigenvalue weighted by molar-refractivity contribution is -0.384. The average Bonchev–Trinajstić information content (AvgIpc) is 2.68. The Hall–Kier alpha value is -2.54. The van der Waals surface area contributed by atoms with Gasteiger partial charge in [-0.1, -0.05) is 6.07 Å². The Kier molecular flexibility index (Phi) is 5.65. The Labute approximate surface area is 162 Å². The number of nitrogens with zero attached hydrogens (tertiary/aromatic N) is 2. The molecule has 28 heavy (non-hydrogen) atoms. The standard InChI is InChI=1S/C16H17N3O7S2/c20-19(21)14-4-6-15(7-5-14)27(22,23)17-13-2-1-3-16(12-13)28(24,25)18-8-10-26-11-9-18/h1-7,12,17H,8-11H2. The van der Waals surface area contributed by atoms with Gasteiger partial charge in [0.15, 0.2) is 0 Å². The van der Waals surface area contributed by atoms with Crippen LogP contribution in [-0.2, 0) is 24.8 Å². The lowest BCUT2D eigenvalue weighted by Crippen LogP contribution is -2.40. The molecule has 0 spiro atoms. The number of rotatable bonds is 6. The zero-order valence-corrected chi connectivity index (χ0v) is 16.1. The molecule has 0 amide bonds. The second-order valence-corrected chi connectivity index (χ2v) is 9.52. The van der Waals surface area contributed by atoms with E-state index in [1.807, 2.05) is 0 Å². The summed E-state index contributed by atoms with van der Waals surface area (Å²) in [5, 5.41) is 10.7. The number of ether oxygens (including phenoxy) is 1. The third-order valence-electron chi connectivity index (χ3n) is 4.05. The van der Waals surface area contributed by atoms with Gasteiger partial charge in [0.2, 0.25) is 10.0 Å². The summed E-state index contributed by atoms with van der Waals surface area (Å²) < 4.78 is 59.1. The molecule has 1 heterocycles. The first-order valence-corrected chi connectivity index (χ1v) is 11.1. The van der Waals surface area contributed by atoms with Gasteiger partial charge in [-0.3, -0.25) is 14.8 Å². The van der Waals surface area contributed by atoms with Crippen molar-refractivity contribution in [3.05, 3.63) is 58.6 Å². The zero-order chi connectivity index (χ0) is 20.4. The van der Waals surface area contributed by atoms with E-state index in [-0.39, 0.29) is 34.3 Å². The highest BCUT2D eigenvalue weighted by molar-refractivity contribution is 7.92. The molecule has 2 aromatic rings. The van der Waals surface area contributed by atoms with Crippen LogP contribution in [0.15, 0.2) is 58.3 Å². The van der Waals surface area contributed by atoms with Gasteiger partial charge in [-0.15, -0.1) is 0 Å². The fraction of sp³-hybridized carbons (Fsp3) is 0.250. The molecule has 150 valence electrons. The monoisotopic (exact) mass is 427 g/mol. The number of sulfonamides is 2. The van der Waals surface area contributed by atoms with E-state index in [1.54, 1.807) is 0 Å². The maximum absolute atomic E-state index is 12.7. The van der Waals surface area contributed by atoms with E-state index in [9.17, 15) is 26.9 Å². The van der Waals surface area contributed by atoms with Gasteiger partial charge in [0, 0.05) is 25.2 Å². The highest BCUT2D eigenvalue weighted by Crippen LogP contribution is 2.23. The minimum Gasteiger partial charge on any atom is -0.379 e. The van der Waals surface area contributed by atoms with Crippen LogP contribution >= 0.6 is 0 Å². The number of non-ortho nitro benzene ring substituents is 1. The Morgan fingerprint density at radius 3 is 2.21 bits per heavy atom. The number of morpholine rings is 1. The van der Waals surface area contributed by atoms with Gasteiger partial charge >= 0.3 is 0 Å². The van der Waals surface area contributed by atoms with Crippen LogP contribution in [0.3, 0.4) is 0 Å². The molecule has 1 aliphatic heterocycles. The van der Waals surface area contributed by atoms with Crippen LogP contribution in [0, 0.1) is 10.1 Å². The number of anilines is 1. The van der Waals surface area contributed by atoms with Crippen molar-refractivity contribution >= 4 is 31.4 Å². The summed E-state index contributed by atoms with van der Waals surface area (Å²) in [4.78, 5) is 9.83. The van der Waals surface area contributed by atoms with Crippen LogP contribution < -0.4 is 4.72 Å². The Morgan fingerprint density at radius 1 is 0.964 bits per heavy atom. The number of nitro groups is 1. The summed E-state index contributed by atoms with van der Waals surface area (Å²) in [6.07, 6.45) is 0. The van der Waals surface area contributed by atoms with E-state index < -0.39 is 25.0 Å². The van der Waals surface area contributed by atoms with E-state index in [1.165, 1.54) is 28.6 Å². The van der Waals surface area contributed by atoms with Gasteiger partial charge in [0.05, 0.1) is 33.6 Å². The van der Waals surface area contributed by atoms with Crippen molar-refractivity contribution in [3.8, 4) is 0 Å². The Balaban J connectivity index is 1.84. The molecule has 0 aliphatic carbocycles. The van der Waals surface area contributed by atoms with E-state index in [4.69, 9.17) is 4.74 Å². The largest absolute Gasteiger partial charge is 0.379 e. The summed E-state index contributed by atoms with van der Waals surface area (Å²) in [5.74, 6) is 0. The van der Waals surface area contributed by atoms with Crippen molar-refractivity contribution in [3.63, 3.8) is 0 Å². The molecule has 0 radical (unpaired) electrons. The van der Waals surface area contributed by atoms with E-state index in [2.05, 4.69) is 4.72 Å². The normalized spacial score (nSPS) is 15.9. The predicted octanol–water partition coefficient (Wildman–Crippen LogP) is 1.42. The fourth-order valence-electron chi connectivity index (χ4n) is 2.62. The molecule has 0 bridgehead atoms. The molecule has 0 unspecified atom stereocenters. The van der Waals surface area contributed by atoms with Gasteiger partial charge in [-0.05, 0) is 30.3 Å². The van der Waals surface area contributed by atoms with Crippen molar-refractivity contribution in [1.82, 2.24) is 4.31 Å². The molecule has 3 rings (SSSR count). The van der Waals surface area contributed by atoms with Gasteiger partial charge in [-0.25, -0.2) is 16.8 Å².